The van der Waals surface area contributed by atoms with Crippen LogP contribution >= 0.6 is 0 Å². The minimum absolute atomic E-state index is 0.000241. The van der Waals surface area contributed by atoms with Crippen LogP contribution in [0.4, 0.5) is 0 Å². The van der Waals surface area contributed by atoms with Gasteiger partial charge in [0, 0.05) is 12.3 Å². The molecule has 1 aromatic carbocycles. The van der Waals surface area contributed by atoms with Gasteiger partial charge in [-0.25, -0.2) is 0 Å². The largest absolute Gasteiger partial charge is 0.508 e. The summed E-state index contributed by atoms with van der Waals surface area (Å²) in [6.45, 7) is 8.10. The van der Waals surface area contributed by atoms with Crippen molar-refractivity contribution < 1.29 is 34.1 Å². The fraction of sp³-hybridized carbons (Fsp3) is 0.571. The molecule has 0 bridgehead atoms. The molecule has 7 heteroatoms. The highest BCUT2D eigenvalue weighted by molar-refractivity contribution is 6.02. The minimum Gasteiger partial charge on any atom is -0.508 e. The van der Waals surface area contributed by atoms with Crippen molar-refractivity contribution >= 4 is 17.7 Å². The lowest BCUT2D eigenvalue weighted by molar-refractivity contribution is -0.176. The SMILES string of the molecule is CC(C)OC(=O)[C@H]1C(=O)C[C@](C)(O)[C@@H](C(=O)OC(C)C)[C@@H]1c1ccc(O)cc1. The molecule has 1 aliphatic rings. The fourth-order valence-electron chi connectivity index (χ4n) is 3.72. The third-order valence-corrected chi connectivity index (χ3v) is 4.76. The average molecular weight is 392 g/mol. The normalized spacial score (nSPS) is 27.7. The summed E-state index contributed by atoms with van der Waals surface area (Å²) >= 11 is 0. The number of benzene rings is 1. The molecule has 154 valence electrons. The van der Waals surface area contributed by atoms with Crippen molar-refractivity contribution in [3.05, 3.63) is 29.8 Å². The van der Waals surface area contributed by atoms with Crippen molar-refractivity contribution in [1.29, 1.82) is 0 Å². The third-order valence-electron chi connectivity index (χ3n) is 4.76. The minimum atomic E-state index is -1.69. The Morgan fingerprint density at radius 1 is 1.04 bits per heavy atom. The molecule has 0 saturated heterocycles. The molecule has 4 atom stereocenters. The highest BCUT2D eigenvalue weighted by Gasteiger charge is 2.57. The lowest BCUT2D eigenvalue weighted by Gasteiger charge is -2.44. The number of hydrogen-bond acceptors (Lipinski definition) is 7. The van der Waals surface area contributed by atoms with Crippen molar-refractivity contribution in [2.75, 3.05) is 0 Å². The second-order valence-corrected chi connectivity index (χ2v) is 8.04. The maximum Gasteiger partial charge on any atom is 0.317 e. The van der Waals surface area contributed by atoms with E-state index in [4.69, 9.17) is 9.47 Å². The summed E-state index contributed by atoms with van der Waals surface area (Å²) in [5, 5.41) is 20.5. The molecule has 2 N–H and O–H groups in total. The van der Waals surface area contributed by atoms with E-state index in [9.17, 15) is 24.6 Å². The Morgan fingerprint density at radius 2 is 1.54 bits per heavy atom. The second kappa shape index (κ2) is 8.31. The van der Waals surface area contributed by atoms with Gasteiger partial charge in [0.1, 0.15) is 11.7 Å². The quantitative estimate of drug-likeness (QED) is 0.584. The van der Waals surface area contributed by atoms with Gasteiger partial charge in [0.25, 0.3) is 0 Å². The first-order valence-electron chi connectivity index (χ1n) is 9.39. The predicted molar refractivity (Wildman–Crippen MR) is 101 cm³/mol. The number of carbonyl (C=O) groups is 3. The van der Waals surface area contributed by atoms with Crippen LogP contribution in [-0.2, 0) is 23.9 Å². The van der Waals surface area contributed by atoms with Crippen molar-refractivity contribution in [3.63, 3.8) is 0 Å². The number of Topliss-reactive ketones (excluding diaryl/α,β-unsaturated/α-hetero) is 1. The van der Waals surface area contributed by atoms with E-state index < -0.39 is 53.3 Å². The van der Waals surface area contributed by atoms with E-state index in [-0.39, 0.29) is 12.2 Å². The van der Waals surface area contributed by atoms with Gasteiger partial charge in [0.15, 0.2) is 5.78 Å². The van der Waals surface area contributed by atoms with Crippen LogP contribution in [0.1, 0.15) is 52.5 Å². The lowest BCUT2D eigenvalue weighted by atomic mass is 9.61. The maximum atomic E-state index is 12.9. The number of esters is 2. The molecule has 1 saturated carbocycles. The van der Waals surface area contributed by atoms with Gasteiger partial charge in [0.05, 0.1) is 23.7 Å². The van der Waals surface area contributed by atoms with Crippen LogP contribution in [0.25, 0.3) is 0 Å². The molecule has 0 spiro atoms. The van der Waals surface area contributed by atoms with Gasteiger partial charge in [-0.05, 0) is 52.3 Å². The Morgan fingerprint density at radius 3 is 2.04 bits per heavy atom. The molecule has 1 aromatic rings. The molecule has 1 aliphatic carbocycles. The van der Waals surface area contributed by atoms with Crippen LogP contribution in [0, 0.1) is 11.8 Å². The lowest BCUT2D eigenvalue weighted by Crippen LogP contribution is -2.55. The number of carbonyl (C=O) groups excluding carboxylic acids is 3. The molecule has 0 unspecified atom stereocenters. The average Bonchev–Trinajstić information content (AvgIpc) is 2.52. The molecular weight excluding hydrogens is 364 g/mol. The highest BCUT2D eigenvalue weighted by atomic mass is 16.5. The van der Waals surface area contributed by atoms with Gasteiger partial charge >= 0.3 is 11.9 Å². The number of phenols is 1. The number of aliphatic hydroxyl groups is 1. The van der Waals surface area contributed by atoms with Crippen molar-refractivity contribution in [2.45, 2.75) is 64.8 Å². The van der Waals surface area contributed by atoms with E-state index in [1.54, 1.807) is 27.7 Å². The van der Waals surface area contributed by atoms with Crippen LogP contribution in [0.3, 0.4) is 0 Å². The highest BCUT2D eigenvalue weighted by Crippen LogP contribution is 2.47. The van der Waals surface area contributed by atoms with E-state index in [2.05, 4.69) is 0 Å². The first-order valence-corrected chi connectivity index (χ1v) is 9.39. The Hall–Kier alpha value is -2.41. The molecule has 1 fully saturated rings. The molecule has 0 amide bonds. The van der Waals surface area contributed by atoms with E-state index >= 15 is 0 Å². The molecule has 0 heterocycles. The summed E-state index contributed by atoms with van der Waals surface area (Å²) in [6.07, 6.45) is -1.23. The van der Waals surface area contributed by atoms with Crippen molar-refractivity contribution in [2.24, 2.45) is 11.8 Å². The van der Waals surface area contributed by atoms with E-state index in [0.717, 1.165) is 0 Å². The zero-order chi connectivity index (χ0) is 21.2. The standard InChI is InChI=1S/C21H28O7/c1-11(2)27-19(24)17-15(23)10-21(5,26)18(20(25)28-12(3)4)16(17)13-6-8-14(22)9-7-13/h6-9,11-12,16-18,22,26H,10H2,1-5H3/t16-,17+,18-,21+/m1/s1. The van der Waals surface area contributed by atoms with E-state index in [1.165, 1.54) is 31.2 Å². The number of phenolic OH excluding ortho intramolecular Hbond substituents is 1. The van der Waals surface area contributed by atoms with Gasteiger partial charge in [0.2, 0.25) is 0 Å². The van der Waals surface area contributed by atoms with Crippen molar-refractivity contribution in [1.82, 2.24) is 0 Å². The van der Waals surface area contributed by atoms with Gasteiger partial charge in [-0.1, -0.05) is 12.1 Å². The molecule has 2 rings (SSSR count). The summed E-state index contributed by atoms with van der Waals surface area (Å²) in [6, 6.07) is 5.86. The van der Waals surface area contributed by atoms with Gasteiger partial charge < -0.3 is 19.7 Å². The maximum absolute atomic E-state index is 12.9. The molecule has 0 aromatic heterocycles. The molecule has 7 nitrogen and oxygen atoms in total. The Balaban J connectivity index is 2.59. The Kier molecular flexibility index (Phi) is 6.49. The van der Waals surface area contributed by atoms with Crippen LogP contribution in [-0.4, -0.2) is 45.7 Å². The number of rotatable bonds is 5. The van der Waals surface area contributed by atoms with Gasteiger partial charge in [-0.3, -0.25) is 14.4 Å². The molecule has 0 aliphatic heterocycles. The van der Waals surface area contributed by atoms with Crippen LogP contribution in [0.2, 0.25) is 0 Å². The summed E-state index contributed by atoms with van der Waals surface area (Å²) in [5.41, 5.74) is -1.23. The molecule has 0 radical (unpaired) electrons. The van der Waals surface area contributed by atoms with Crippen LogP contribution in [0.15, 0.2) is 24.3 Å². The summed E-state index contributed by atoms with van der Waals surface area (Å²) in [5.74, 6) is -5.31. The van der Waals surface area contributed by atoms with Crippen LogP contribution in [0.5, 0.6) is 5.75 Å². The Labute approximate surface area is 164 Å². The topological polar surface area (TPSA) is 110 Å². The zero-order valence-corrected chi connectivity index (χ0v) is 16.8. The van der Waals surface area contributed by atoms with Gasteiger partial charge in [-0.15, -0.1) is 0 Å². The zero-order valence-electron chi connectivity index (χ0n) is 16.8. The fourth-order valence-corrected chi connectivity index (χ4v) is 3.72. The monoisotopic (exact) mass is 392 g/mol. The summed E-state index contributed by atoms with van der Waals surface area (Å²) in [4.78, 5) is 38.4. The predicted octanol–water partition coefficient (Wildman–Crippen LogP) is 2.34. The number of hydrogen-bond donors (Lipinski definition) is 2. The van der Waals surface area contributed by atoms with Crippen LogP contribution < -0.4 is 0 Å². The number of aromatic hydroxyl groups is 1. The first-order chi connectivity index (χ1) is 12.9. The smallest absolute Gasteiger partial charge is 0.317 e. The van der Waals surface area contributed by atoms with E-state index in [0.29, 0.717) is 5.56 Å². The summed E-state index contributed by atoms with van der Waals surface area (Å²) in [7, 11) is 0. The molecular formula is C21H28O7. The number of ketones is 1. The van der Waals surface area contributed by atoms with E-state index in [1.807, 2.05) is 0 Å². The molecule has 28 heavy (non-hydrogen) atoms. The second-order valence-electron chi connectivity index (χ2n) is 8.04. The first kappa shape index (κ1) is 21.9. The van der Waals surface area contributed by atoms with Gasteiger partial charge in [-0.2, -0.15) is 0 Å². The third kappa shape index (κ3) is 4.70. The van der Waals surface area contributed by atoms with Crippen molar-refractivity contribution in [3.8, 4) is 5.75 Å². The summed E-state index contributed by atoms with van der Waals surface area (Å²) < 4.78 is 10.6. The Bertz CT molecular complexity index is 726. The number of ether oxygens (including phenoxy) is 2.